The van der Waals surface area contributed by atoms with Crippen LogP contribution in [-0.4, -0.2) is 40.3 Å². The Kier molecular flexibility index (Phi) is 6.58. The quantitative estimate of drug-likeness (QED) is 0.432. The van der Waals surface area contributed by atoms with Gasteiger partial charge in [-0.15, -0.1) is 0 Å². The van der Waals surface area contributed by atoms with Gasteiger partial charge >= 0.3 is 7.12 Å². The molecule has 29 heavy (non-hydrogen) atoms. The van der Waals surface area contributed by atoms with Gasteiger partial charge in [-0.05, 0) is 30.1 Å². The molecule has 3 rings (SSSR count). The van der Waals surface area contributed by atoms with Gasteiger partial charge in [0.2, 0.25) is 0 Å². The van der Waals surface area contributed by atoms with E-state index < -0.39 is 7.12 Å². The van der Waals surface area contributed by atoms with E-state index in [1.165, 1.54) is 19.2 Å². The molecule has 1 aromatic heterocycles. The first-order valence-electron chi connectivity index (χ1n) is 8.86. The highest BCUT2D eigenvalue weighted by Gasteiger charge is 2.21. The van der Waals surface area contributed by atoms with Crippen LogP contribution in [-0.2, 0) is 13.2 Å². The van der Waals surface area contributed by atoms with Crippen molar-refractivity contribution in [1.82, 2.24) is 9.78 Å². The zero-order valence-corrected chi connectivity index (χ0v) is 16.8. The Morgan fingerprint density at radius 1 is 1.21 bits per heavy atom. The average Bonchev–Trinajstić information content (AvgIpc) is 2.99. The van der Waals surface area contributed by atoms with Gasteiger partial charge in [0.15, 0.2) is 11.5 Å². The summed E-state index contributed by atoms with van der Waals surface area (Å²) in [5, 5.41) is 23.9. The Morgan fingerprint density at radius 2 is 1.93 bits per heavy atom. The topological polar surface area (TPSA) is 93.8 Å². The highest BCUT2D eigenvalue weighted by Crippen LogP contribution is 2.29. The molecule has 0 saturated heterocycles. The molecule has 0 aliphatic rings. The Bertz CT molecular complexity index is 1010. The minimum absolute atomic E-state index is 0.0263. The highest BCUT2D eigenvalue weighted by molar-refractivity contribution is 6.60. The molecular formula is C20H20BClN2O5. The lowest BCUT2D eigenvalue weighted by Crippen LogP contribution is -2.33. The number of benzene rings is 2. The second kappa shape index (κ2) is 9.13. The highest BCUT2D eigenvalue weighted by atomic mass is 35.5. The molecule has 0 spiro atoms. The lowest BCUT2D eigenvalue weighted by Gasteiger charge is -2.14. The monoisotopic (exact) mass is 414 g/mol. The van der Waals surface area contributed by atoms with Crippen molar-refractivity contribution in [2.45, 2.75) is 20.1 Å². The van der Waals surface area contributed by atoms with E-state index in [0.717, 1.165) is 11.3 Å². The van der Waals surface area contributed by atoms with Crippen LogP contribution < -0.4 is 14.9 Å². The molecule has 0 radical (unpaired) electrons. The maximum absolute atomic E-state index is 11.2. The van der Waals surface area contributed by atoms with Gasteiger partial charge in [-0.3, -0.25) is 4.79 Å². The molecule has 2 N–H and O–H groups in total. The fraction of sp³-hybridized carbons (Fsp3) is 0.200. The standard InChI is InChI=1S/C20H20BClN2O5/c1-13-16(20(22)24(23-13)10-14-6-4-3-5-7-14)12-29-19-9-17(21(26)27)15(11-25)8-18(19)28-2/h3-9,11,26-27H,10,12H2,1-2H3. The second-order valence-corrected chi connectivity index (χ2v) is 6.77. The number of ether oxygens (including phenoxy) is 2. The van der Waals surface area contributed by atoms with E-state index in [1.807, 2.05) is 37.3 Å². The number of hydrogen-bond acceptors (Lipinski definition) is 6. The van der Waals surface area contributed by atoms with Crippen LogP contribution in [0.4, 0.5) is 0 Å². The van der Waals surface area contributed by atoms with Crippen LogP contribution >= 0.6 is 11.6 Å². The Labute approximate surface area is 173 Å². The van der Waals surface area contributed by atoms with E-state index in [9.17, 15) is 14.8 Å². The fourth-order valence-corrected chi connectivity index (χ4v) is 3.24. The normalized spacial score (nSPS) is 10.7. The van der Waals surface area contributed by atoms with Crippen molar-refractivity contribution in [3.05, 3.63) is 70.0 Å². The largest absolute Gasteiger partial charge is 0.493 e. The molecule has 0 fully saturated rings. The number of hydrogen-bond donors (Lipinski definition) is 2. The van der Waals surface area contributed by atoms with E-state index in [-0.39, 0.29) is 23.4 Å². The van der Waals surface area contributed by atoms with E-state index in [1.54, 1.807) is 4.68 Å². The van der Waals surface area contributed by atoms with Gasteiger partial charge in [0.1, 0.15) is 18.0 Å². The smallest absolute Gasteiger partial charge is 0.489 e. The van der Waals surface area contributed by atoms with Gasteiger partial charge < -0.3 is 19.5 Å². The lowest BCUT2D eigenvalue weighted by atomic mass is 9.77. The third-order valence-electron chi connectivity index (χ3n) is 4.50. The summed E-state index contributed by atoms with van der Waals surface area (Å²) >= 11 is 6.51. The zero-order chi connectivity index (χ0) is 21.0. The second-order valence-electron chi connectivity index (χ2n) is 6.41. The van der Waals surface area contributed by atoms with E-state index in [2.05, 4.69) is 5.10 Å². The predicted octanol–water partition coefficient (Wildman–Crippen LogP) is 1.97. The summed E-state index contributed by atoms with van der Waals surface area (Å²) in [5.41, 5.74) is 2.62. The number of carbonyl (C=O) groups is 1. The Balaban J connectivity index is 1.84. The van der Waals surface area contributed by atoms with Crippen LogP contribution in [0.25, 0.3) is 0 Å². The van der Waals surface area contributed by atoms with Crippen molar-refractivity contribution < 1.29 is 24.3 Å². The molecule has 0 amide bonds. The van der Waals surface area contributed by atoms with Crippen LogP contribution in [0.15, 0.2) is 42.5 Å². The fourth-order valence-electron chi connectivity index (χ4n) is 2.95. The minimum atomic E-state index is -1.82. The molecule has 0 atom stereocenters. The number of nitrogens with zero attached hydrogens (tertiary/aromatic N) is 2. The van der Waals surface area contributed by atoms with Crippen LogP contribution in [0.3, 0.4) is 0 Å². The predicted molar refractivity (Wildman–Crippen MR) is 110 cm³/mol. The molecule has 3 aromatic rings. The first-order chi connectivity index (χ1) is 13.9. The Morgan fingerprint density at radius 3 is 2.55 bits per heavy atom. The summed E-state index contributed by atoms with van der Waals surface area (Å²) < 4.78 is 12.8. The van der Waals surface area contributed by atoms with Gasteiger partial charge in [0.25, 0.3) is 0 Å². The number of aldehydes is 1. The molecule has 7 nitrogen and oxygen atoms in total. The minimum Gasteiger partial charge on any atom is -0.493 e. The molecule has 0 saturated carbocycles. The Hall–Kier alpha value is -2.81. The number of rotatable bonds is 8. The third kappa shape index (κ3) is 4.62. The summed E-state index contributed by atoms with van der Waals surface area (Å²) in [6.45, 7) is 2.46. The summed E-state index contributed by atoms with van der Waals surface area (Å²) in [6, 6.07) is 12.6. The molecule has 0 bridgehead atoms. The first kappa shape index (κ1) is 20.9. The maximum atomic E-state index is 11.2. The van der Waals surface area contributed by atoms with Crippen LogP contribution in [0.1, 0.15) is 27.2 Å². The number of carbonyl (C=O) groups excluding carboxylic acids is 1. The molecule has 2 aromatic carbocycles. The summed E-state index contributed by atoms with van der Waals surface area (Å²) in [4.78, 5) is 11.2. The first-order valence-corrected chi connectivity index (χ1v) is 9.24. The van der Waals surface area contributed by atoms with Crippen molar-refractivity contribution >= 4 is 30.5 Å². The molecule has 0 aliphatic carbocycles. The van der Waals surface area contributed by atoms with Gasteiger partial charge in [-0.2, -0.15) is 5.10 Å². The molecule has 1 heterocycles. The van der Waals surface area contributed by atoms with E-state index in [4.69, 9.17) is 21.1 Å². The number of halogens is 1. The van der Waals surface area contributed by atoms with E-state index >= 15 is 0 Å². The summed E-state index contributed by atoms with van der Waals surface area (Å²) in [7, 11) is -0.385. The molecular weight excluding hydrogens is 394 g/mol. The third-order valence-corrected chi connectivity index (χ3v) is 4.93. The molecule has 150 valence electrons. The van der Waals surface area contributed by atoms with Crippen molar-refractivity contribution in [3.63, 3.8) is 0 Å². The van der Waals surface area contributed by atoms with Crippen molar-refractivity contribution in [1.29, 1.82) is 0 Å². The van der Waals surface area contributed by atoms with Gasteiger partial charge in [-0.25, -0.2) is 4.68 Å². The summed E-state index contributed by atoms with van der Waals surface area (Å²) in [6.07, 6.45) is 0.524. The van der Waals surface area contributed by atoms with Crippen LogP contribution in [0.2, 0.25) is 5.15 Å². The van der Waals surface area contributed by atoms with Crippen LogP contribution in [0.5, 0.6) is 11.5 Å². The lowest BCUT2D eigenvalue weighted by molar-refractivity contribution is 0.112. The number of aromatic nitrogens is 2. The van der Waals surface area contributed by atoms with Gasteiger partial charge in [0, 0.05) is 11.1 Å². The van der Waals surface area contributed by atoms with Gasteiger partial charge in [-0.1, -0.05) is 41.9 Å². The zero-order valence-electron chi connectivity index (χ0n) is 16.0. The number of aryl methyl sites for hydroxylation is 1. The van der Waals surface area contributed by atoms with Crippen molar-refractivity contribution in [2.75, 3.05) is 7.11 Å². The summed E-state index contributed by atoms with van der Waals surface area (Å²) in [5.74, 6) is 0.550. The average molecular weight is 415 g/mol. The van der Waals surface area contributed by atoms with Gasteiger partial charge in [0.05, 0.1) is 19.3 Å². The van der Waals surface area contributed by atoms with E-state index in [0.29, 0.717) is 29.3 Å². The SMILES string of the molecule is COc1cc(C=O)c(B(O)O)cc1OCc1c(C)nn(Cc2ccccc2)c1Cl. The maximum Gasteiger partial charge on any atom is 0.489 e. The van der Waals surface area contributed by atoms with Crippen molar-refractivity contribution in [3.8, 4) is 11.5 Å². The van der Waals surface area contributed by atoms with Crippen LogP contribution in [0, 0.1) is 6.92 Å². The molecule has 0 unspecified atom stereocenters. The van der Waals surface area contributed by atoms with Crippen molar-refractivity contribution in [2.24, 2.45) is 0 Å². The molecule has 0 aliphatic heterocycles. The molecule has 9 heteroatoms. The number of methoxy groups -OCH3 is 1.